The van der Waals surface area contributed by atoms with E-state index in [1.54, 1.807) is 26.0 Å². The summed E-state index contributed by atoms with van der Waals surface area (Å²) in [5.74, 6) is 2.20. The monoisotopic (exact) mass is 577 g/mol. The number of aromatic nitrogens is 3. The summed E-state index contributed by atoms with van der Waals surface area (Å²) in [6.45, 7) is 1.85. The summed E-state index contributed by atoms with van der Waals surface area (Å²) >= 11 is 7.82. The second-order valence-corrected chi connectivity index (χ2v) is 10.2. The van der Waals surface area contributed by atoms with Crippen molar-refractivity contribution in [3.8, 4) is 17.2 Å². The number of rotatable bonds is 9. The van der Waals surface area contributed by atoms with Gasteiger partial charge in [0.25, 0.3) is 5.91 Å². The van der Waals surface area contributed by atoms with Crippen LogP contribution >= 0.6 is 23.4 Å². The maximum absolute atomic E-state index is 13.8. The first-order chi connectivity index (χ1) is 19.4. The summed E-state index contributed by atoms with van der Waals surface area (Å²) in [6, 6.07) is 20.0. The zero-order valence-electron chi connectivity index (χ0n) is 22.4. The van der Waals surface area contributed by atoms with Crippen molar-refractivity contribution in [1.29, 1.82) is 0 Å². The van der Waals surface area contributed by atoms with E-state index in [9.17, 15) is 4.79 Å². The van der Waals surface area contributed by atoms with Gasteiger partial charge in [-0.05, 0) is 48.4 Å². The molecule has 3 aromatic carbocycles. The van der Waals surface area contributed by atoms with E-state index in [1.807, 2.05) is 73.7 Å². The molecule has 4 aromatic rings. The lowest BCUT2D eigenvalue weighted by Gasteiger charge is -2.29. The van der Waals surface area contributed by atoms with E-state index >= 15 is 0 Å². The Morgan fingerprint density at radius 2 is 1.70 bits per heavy atom. The third kappa shape index (κ3) is 5.45. The number of para-hydroxylation sites is 1. The number of carbonyl (C=O) groups is 1. The number of halogens is 1. The summed E-state index contributed by atoms with van der Waals surface area (Å²) in [4.78, 5) is 18.5. The molecule has 2 N–H and O–H groups in total. The van der Waals surface area contributed by atoms with Crippen LogP contribution in [-0.2, 0) is 10.5 Å². The maximum Gasteiger partial charge on any atom is 0.255 e. The first-order valence-electron chi connectivity index (χ1n) is 12.4. The number of nitrogens with one attached hydrogen (secondary N) is 2. The fourth-order valence-corrected chi connectivity index (χ4v) is 5.65. The highest BCUT2D eigenvalue weighted by Crippen LogP contribution is 2.44. The van der Waals surface area contributed by atoms with E-state index in [2.05, 4.69) is 10.6 Å². The molecule has 0 fully saturated rings. The minimum Gasteiger partial charge on any atom is -0.493 e. The average molecular weight is 578 g/mol. The van der Waals surface area contributed by atoms with Crippen LogP contribution in [0.4, 0.5) is 11.6 Å². The van der Waals surface area contributed by atoms with E-state index in [1.165, 1.54) is 11.8 Å². The van der Waals surface area contributed by atoms with Crippen molar-refractivity contribution in [2.75, 3.05) is 32.0 Å². The molecule has 1 aromatic heterocycles. The van der Waals surface area contributed by atoms with E-state index in [0.29, 0.717) is 61.6 Å². The molecule has 206 valence electrons. The van der Waals surface area contributed by atoms with Crippen molar-refractivity contribution < 1.29 is 19.0 Å². The van der Waals surface area contributed by atoms with Crippen LogP contribution in [0.5, 0.6) is 17.2 Å². The lowest BCUT2D eigenvalue weighted by molar-refractivity contribution is -0.113. The van der Waals surface area contributed by atoms with Crippen LogP contribution in [0.15, 0.2) is 83.2 Å². The Kier molecular flexibility index (Phi) is 8.18. The van der Waals surface area contributed by atoms with Crippen LogP contribution < -0.4 is 24.8 Å². The highest BCUT2D eigenvalue weighted by atomic mass is 35.5. The molecule has 9 nitrogen and oxygen atoms in total. The van der Waals surface area contributed by atoms with Gasteiger partial charge in [0, 0.05) is 22.2 Å². The van der Waals surface area contributed by atoms with Crippen molar-refractivity contribution in [1.82, 2.24) is 14.8 Å². The average Bonchev–Trinajstić information content (AvgIpc) is 3.37. The molecule has 0 saturated carbocycles. The third-order valence-corrected chi connectivity index (χ3v) is 7.68. The number of fused-ring (bicyclic) bond motifs is 1. The molecular weight excluding hydrogens is 550 g/mol. The second-order valence-electron chi connectivity index (χ2n) is 8.89. The van der Waals surface area contributed by atoms with Gasteiger partial charge in [0.15, 0.2) is 11.5 Å². The van der Waals surface area contributed by atoms with Crippen LogP contribution in [0.1, 0.15) is 24.1 Å². The molecule has 40 heavy (non-hydrogen) atoms. The Labute approximate surface area is 241 Å². The first-order valence-corrected chi connectivity index (χ1v) is 13.8. The van der Waals surface area contributed by atoms with Gasteiger partial charge in [0.2, 0.25) is 16.9 Å². The predicted molar refractivity (Wildman–Crippen MR) is 157 cm³/mol. The molecular formula is C29H28ClN5O4S. The van der Waals surface area contributed by atoms with Gasteiger partial charge >= 0.3 is 0 Å². The van der Waals surface area contributed by atoms with Gasteiger partial charge in [-0.2, -0.15) is 4.98 Å². The number of ether oxygens (including phenoxy) is 3. The molecule has 2 heterocycles. The summed E-state index contributed by atoms with van der Waals surface area (Å²) in [6.07, 6.45) is 0. The van der Waals surface area contributed by atoms with E-state index in [0.717, 1.165) is 5.56 Å². The largest absolute Gasteiger partial charge is 0.493 e. The molecule has 1 unspecified atom stereocenters. The van der Waals surface area contributed by atoms with Crippen molar-refractivity contribution in [2.24, 2.45) is 0 Å². The number of anilines is 2. The molecule has 1 aliphatic rings. The maximum atomic E-state index is 13.8. The first kappa shape index (κ1) is 27.4. The zero-order valence-corrected chi connectivity index (χ0v) is 24.0. The number of allylic oxidation sites excluding steroid dienone is 1. The van der Waals surface area contributed by atoms with Crippen molar-refractivity contribution >= 4 is 40.9 Å². The summed E-state index contributed by atoms with van der Waals surface area (Å²) < 4.78 is 18.5. The number of hydrogen-bond acceptors (Lipinski definition) is 8. The Morgan fingerprint density at radius 1 is 1.02 bits per heavy atom. The number of carbonyl (C=O) groups excluding carboxylic acids is 1. The van der Waals surface area contributed by atoms with Gasteiger partial charge in [0.05, 0.1) is 26.9 Å². The number of thioether (sulfide) groups is 1. The molecule has 1 amide bonds. The van der Waals surface area contributed by atoms with Gasteiger partial charge in [-0.1, -0.05) is 59.8 Å². The SMILES string of the molecule is COc1cc(C2C(C(=O)Nc3ccccc3)=C(C)Nc3nc(SCc4ccccc4Cl)nn32)cc(OC)c1OC. The zero-order chi connectivity index (χ0) is 28.2. The quantitative estimate of drug-likeness (QED) is 0.228. The standard InChI is InChI=1S/C29H28ClN5O4S/c1-17-24(27(36)32-20-11-6-5-7-12-20)25(19-14-22(37-2)26(39-4)23(15-19)38-3)35-28(31-17)33-29(34-35)40-16-18-10-8-9-13-21(18)30/h5-15,25H,16H2,1-4H3,(H,32,36)(H,31,33,34). The molecule has 1 atom stereocenters. The van der Waals surface area contributed by atoms with Gasteiger partial charge in [-0.3, -0.25) is 4.79 Å². The minimum absolute atomic E-state index is 0.277. The molecule has 0 radical (unpaired) electrons. The summed E-state index contributed by atoms with van der Waals surface area (Å²) in [5.41, 5.74) is 3.49. The van der Waals surface area contributed by atoms with Crippen LogP contribution in [0.3, 0.4) is 0 Å². The molecule has 0 aliphatic carbocycles. The van der Waals surface area contributed by atoms with E-state index in [4.69, 9.17) is 35.9 Å². The molecule has 11 heteroatoms. The fraction of sp³-hybridized carbons (Fsp3) is 0.207. The Balaban J connectivity index is 1.58. The molecule has 1 aliphatic heterocycles. The highest BCUT2D eigenvalue weighted by Gasteiger charge is 2.35. The van der Waals surface area contributed by atoms with Gasteiger partial charge in [-0.25, -0.2) is 4.68 Å². The molecule has 0 spiro atoms. The normalized spacial score (nSPS) is 14.3. The van der Waals surface area contributed by atoms with Crippen molar-refractivity contribution in [3.05, 3.63) is 94.1 Å². The van der Waals surface area contributed by atoms with Crippen LogP contribution in [0.25, 0.3) is 0 Å². The van der Waals surface area contributed by atoms with Gasteiger partial charge in [-0.15, -0.1) is 5.10 Å². The third-order valence-electron chi connectivity index (χ3n) is 6.43. The molecule has 0 bridgehead atoms. The van der Waals surface area contributed by atoms with Crippen LogP contribution in [0.2, 0.25) is 5.02 Å². The highest BCUT2D eigenvalue weighted by molar-refractivity contribution is 7.98. The summed E-state index contributed by atoms with van der Waals surface area (Å²) in [7, 11) is 4.65. The number of benzene rings is 3. The lowest BCUT2D eigenvalue weighted by atomic mass is 9.94. The fourth-order valence-electron chi connectivity index (χ4n) is 4.53. The predicted octanol–water partition coefficient (Wildman–Crippen LogP) is 6.18. The molecule has 5 rings (SSSR count). The topological polar surface area (TPSA) is 99.5 Å². The van der Waals surface area contributed by atoms with Crippen LogP contribution in [0, 0.1) is 0 Å². The molecule has 0 saturated heterocycles. The Bertz CT molecular complexity index is 1550. The van der Waals surface area contributed by atoms with Gasteiger partial charge < -0.3 is 24.8 Å². The van der Waals surface area contributed by atoms with Crippen LogP contribution in [-0.4, -0.2) is 42.0 Å². The van der Waals surface area contributed by atoms with Gasteiger partial charge in [0.1, 0.15) is 6.04 Å². The number of methoxy groups -OCH3 is 3. The van der Waals surface area contributed by atoms with E-state index < -0.39 is 6.04 Å². The lowest BCUT2D eigenvalue weighted by Crippen LogP contribution is -2.31. The number of amides is 1. The summed E-state index contributed by atoms with van der Waals surface area (Å²) in [5, 5.41) is 12.3. The Hall–Kier alpha value is -4.15. The number of hydrogen-bond donors (Lipinski definition) is 2. The number of nitrogens with zero attached hydrogens (tertiary/aromatic N) is 3. The van der Waals surface area contributed by atoms with Crippen molar-refractivity contribution in [3.63, 3.8) is 0 Å². The second kappa shape index (κ2) is 11.9. The smallest absolute Gasteiger partial charge is 0.255 e. The Morgan fingerprint density at radius 3 is 2.35 bits per heavy atom. The minimum atomic E-state index is -0.643. The van der Waals surface area contributed by atoms with E-state index in [-0.39, 0.29) is 5.91 Å². The van der Waals surface area contributed by atoms with Crippen molar-refractivity contribution in [2.45, 2.75) is 23.9 Å².